The zero-order chi connectivity index (χ0) is 8.95. The van der Waals surface area contributed by atoms with Crippen molar-refractivity contribution in [3.05, 3.63) is 0 Å². The number of hydrogen-bond donors (Lipinski definition) is 0. The van der Waals surface area contributed by atoms with E-state index >= 15 is 0 Å². The van der Waals surface area contributed by atoms with Crippen LogP contribution in [0.1, 0.15) is 27.2 Å². The largest absolute Gasteiger partial charge is 0.382 e. The minimum Gasteiger partial charge on any atom is -0.382 e. The van der Waals surface area contributed by atoms with E-state index in [1.54, 1.807) is 0 Å². The Labute approximate surface area is 68.5 Å². The Hall–Kier alpha value is -0.660. The van der Waals surface area contributed by atoms with Crippen LogP contribution in [-0.4, -0.2) is 25.8 Å². The maximum atomic E-state index is 9.27. The molecular formula is C8H17NO2. The van der Waals surface area contributed by atoms with Gasteiger partial charge in [0.1, 0.15) is 0 Å². The summed E-state index contributed by atoms with van der Waals surface area (Å²) >= 11 is 0. The van der Waals surface area contributed by atoms with E-state index in [-0.39, 0.29) is 0 Å². The average Bonchev–Trinajstić information content (AvgIpc) is 2.04. The smallest absolute Gasteiger partial charge is 0.234 e. The number of hydrogen-bond acceptors (Lipinski definition) is 3. The van der Waals surface area contributed by atoms with Gasteiger partial charge >= 0.3 is 0 Å². The standard InChI is InChI=1S/C4H7NO.C4H10O/c1-2-3-5-4-6;1-3-5-4-2/h2-3H2,1H3;3-4H2,1-2H3. The van der Waals surface area contributed by atoms with Gasteiger partial charge in [0.25, 0.3) is 0 Å². The van der Waals surface area contributed by atoms with Crippen LogP contribution < -0.4 is 0 Å². The van der Waals surface area contributed by atoms with Gasteiger partial charge in [-0.15, -0.1) is 0 Å². The summed E-state index contributed by atoms with van der Waals surface area (Å²) in [5.74, 6) is 0. The second-order valence-electron chi connectivity index (χ2n) is 1.75. The summed E-state index contributed by atoms with van der Waals surface area (Å²) in [7, 11) is 0. The van der Waals surface area contributed by atoms with Crippen LogP contribution in [0.5, 0.6) is 0 Å². The van der Waals surface area contributed by atoms with E-state index in [0.717, 1.165) is 19.6 Å². The first-order valence-electron chi connectivity index (χ1n) is 3.94. The van der Waals surface area contributed by atoms with Gasteiger partial charge in [0.2, 0.25) is 6.08 Å². The Morgan fingerprint density at radius 2 is 1.82 bits per heavy atom. The van der Waals surface area contributed by atoms with Crippen LogP contribution in [0.15, 0.2) is 4.99 Å². The molecule has 0 unspecified atom stereocenters. The van der Waals surface area contributed by atoms with Gasteiger partial charge in [0, 0.05) is 13.2 Å². The third kappa shape index (κ3) is 26.7. The van der Waals surface area contributed by atoms with Crippen molar-refractivity contribution >= 4 is 6.08 Å². The summed E-state index contributed by atoms with van der Waals surface area (Å²) in [5, 5.41) is 0. The van der Waals surface area contributed by atoms with Gasteiger partial charge in [0.15, 0.2) is 0 Å². The number of carbonyl (C=O) groups excluding carboxylic acids is 1. The highest BCUT2D eigenvalue weighted by Crippen LogP contribution is 1.71. The first-order valence-corrected chi connectivity index (χ1v) is 3.94. The van der Waals surface area contributed by atoms with E-state index in [9.17, 15) is 4.79 Å². The monoisotopic (exact) mass is 159 g/mol. The molecule has 11 heavy (non-hydrogen) atoms. The molecule has 0 rings (SSSR count). The highest BCUT2D eigenvalue weighted by atomic mass is 16.5. The normalized spacial score (nSPS) is 7.55. The predicted octanol–water partition coefficient (Wildman–Crippen LogP) is 1.77. The molecule has 0 aromatic heterocycles. The molecule has 0 spiro atoms. The van der Waals surface area contributed by atoms with Crippen molar-refractivity contribution < 1.29 is 9.53 Å². The highest BCUT2D eigenvalue weighted by Gasteiger charge is 1.66. The number of nitrogens with zero attached hydrogens (tertiary/aromatic N) is 1. The van der Waals surface area contributed by atoms with Gasteiger partial charge in [-0.25, -0.2) is 9.79 Å². The Bertz CT molecular complexity index is 96.3. The summed E-state index contributed by atoms with van der Waals surface area (Å²) in [6.45, 7) is 8.24. The lowest BCUT2D eigenvalue weighted by atomic mass is 10.5. The van der Waals surface area contributed by atoms with Crippen LogP contribution in [0.25, 0.3) is 0 Å². The molecule has 0 radical (unpaired) electrons. The van der Waals surface area contributed by atoms with Gasteiger partial charge in [-0.05, 0) is 20.3 Å². The average molecular weight is 159 g/mol. The Balaban J connectivity index is 0. The van der Waals surface area contributed by atoms with Gasteiger partial charge in [-0.3, -0.25) is 0 Å². The molecule has 0 fully saturated rings. The summed E-state index contributed by atoms with van der Waals surface area (Å²) < 4.78 is 4.83. The third-order valence-corrected chi connectivity index (χ3v) is 0.808. The van der Waals surface area contributed by atoms with Gasteiger partial charge < -0.3 is 4.74 Å². The summed E-state index contributed by atoms with van der Waals surface area (Å²) in [5.41, 5.74) is 0. The van der Waals surface area contributed by atoms with Crippen LogP contribution in [0.4, 0.5) is 0 Å². The fourth-order valence-electron chi connectivity index (χ4n) is 0.362. The minimum absolute atomic E-state index is 0.615. The SMILES string of the molecule is CCCN=C=O.CCOCC. The molecule has 0 aliphatic heterocycles. The molecule has 3 heteroatoms. The molecule has 0 aliphatic carbocycles. The second kappa shape index (κ2) is 16.2. The topological polar surface area (TPSA) is 38.7 Å². The molecule has 0 bridgehead atoms. The molecule has 0 aliphatic rings. The molecular weight excluding hydrogens is 142 g/mol. The van der Waals surface area contributed by atoms with E-state index in [2.05, 4.69) is 4.99 Å². The van der Waals surface area contributed by atoms with Crippen molar-refractivity contribution in [1.82, 2.24) is 0 Å². The predicted molar refractivity (Wildman–Crippen MR) is 45.4 cm³/mol. The number of isocyanates is 1. The third-order valence-electron chi connectivity index (χ3n) is 0.808. The molecule has 0 saturated carbocycles. The molecule has 0 N–H and O–H groups in total. The first kappa shape index (κ1) is 13.0. The van der Waals surface area contributed by atoms with Gasteiger partial charge in [-0.2, -0.15) is 0 Å². The molecule has 0 heterocycles. The Morgan fingerprint density at radius 3 is 1.91 bits per heavy atom. The van der Waals surface area contributed by atoms with Crippen molar-refractivity contribution in [1.29, 1.82) is 0 Å². The lowest BCUT2D eigenvalue weighted by Gasteiger charge is -1.86. The van der Waals surface area contributed by atoms with Crippen molar-refractivity contribution in [3.8, 4) is 0 Å². The zero-order valence-corrected chi connectivity index (χ0v) is 7.59. The van der Waals surface area contributed by atoms with Crippen LogP contribution in [0.3, 0.4) is 0 Å². The van der Waals surface area contributed by atoms with Crippen LogP contribution in [-0.2, 0) is 9.53 Å². The van der Waals surface area contributed by atoms with E-state index in [1.165, 1.54) is 6.08 Å². The minimum atomic E-state index is 0.615. The van der Waals surface area contributed by atoms with E-state index in [4.69, 9.17) is 4.74 Å². The second-order valence-corrected chi connectivity index (χ2v) is 1.75. The summed E-state index contributed by atoms with van der Waals surface area (Å²) in [4.78, 5) is 12.6. The fourth-order valence-corrected chi connectivity index (χ4v) is 0.362. The molecule has 3 nitrogen and oxygen atoms in total. The van der Waals surface area contributed by atoms with Crippen molar-refractivity contribution in [2.45, 2.75) is 27.2 Å². The Kier molecular flexibility index (Phi) is 19.1. The zero-order valence-electron chi connectivity index (χ0n) is 7.59. The van der Waals surface area contributed by atoms with Crippen LogP contribution in [0, 0.1) is 0 Å². The quantitative estimate of drug-likeness (QED) is 0.463. The molecule has 0 aromatic carbocycles. The highest BCUT2D eigenvalue weighted by molar-refractivity contribution is 5.32. The lowest BCUT2D eigenvalue weighted by molar-refractivity contribution is 0.162. The maximum Gasteiger partial charge on any atom is 0.234 e. The van der Waals surface area contributed by atoms with Crippen molar-refractivity contribution in [2.75, 3.05) is 19.8 Å². The number of rotatable bonds is 4. The molecule has 0 saturated heterocycles. The Morgan fingerprint density at radius 1 is 1.27 bits per heavy atom. The van der Waals surface area contributed by atoms with Gasteiger partial charge in [-0.1, -0.05) is 6.92 Å². The first-order chi connectivity index (χ1) is 5.33. The fraction of sp³-hybridized carbons (Fsp3) is 0.875. The molecule has 0 aromatic rings. The van der Waals surface area contributed by atoms with Gasteiger partial charge in [0.05, 0.1) is 6.54 Å². The molecule has 0 amide bonds. The van der Waals surface area contributed by atoms with Crippen molar-refractivity contribution in [3.63, 3.8) is 0 Å². The number of aliphatic imine (C=N–C) groups is 1. The van der Waals surface area contributed by atoms with Crippen molar-refractivity contribution in [2.24, 2.45) is 4.99 Å². The van der Waals surface area contributed by atoms with E-state index < -0.39 is 0 Å². The lowest BCUT2D eigenvalue weighted by Crippen LogP contribution is -1.84. The summed E-state index contributed by atoms with van der Waals surface area (Å²) in [6, 6.07) is 0. The summed E-state index contributed by atoms with van der Waals surface area (Å²) in [6.07, 6.45) is 2.37. The molecule has 0 atom stereocenters. The van der Waals surface area contributed by atoms with Crippen LogP contribution >= 0.6 is 0 Å². The van der Waals surface area contributed by atoms with E-state index in [0.29, 0.717) is 6.54 Å². The molecule has 66 valence electrons. The van der Waals surface area contributed by atoms with E-state index in [1.807, 2.05) is 20.8 Å². The maximum absolute atomic E-state index is 9.27. The van der Waals surface area contributed by atoms with Crippen LogP contribution in [0.2, 0.25) is 0 Å². The number of ether oxygens (including phenoxy) is 1.